The van der Waals surface area contributed by atoms with Gasteiger partial charge in [-0.3, -0.25) is 9.11 Å². The number of nitrogens with two attached hydrogens (primary N) is 1. The third kappa shape index (κ3) is 5.84. The monoisotopic (exact) mass is 482 g/mol. The smallest absolute Gasteiger partial charge is 0.131 e. The molecule has 2 aromatic carbocycles. The number of rotatable bonds is 10. The minimum Gasteiger partial charge on any atom is -0.384 e. The van der Waals surface area contributed by atoms with E-state index in [1.165, 1.54) is 25.7 Å². The third-order valence-corrected chi connectivity index (χ3v) is 8.48. The van der Waals surface area contributed by atoms with Gasteiger partial charge in [-0.1, -0.05) is 62.1 Å². The van der Waals surface area contributed by atoms with Crippen LogP contribution >= 0.6 is 10.6 Å². The van der Waals surface area contributed by atoms with E-state index in [1.54, 1.807) is 0 Å². The lowest BCUT2D eigenvalue weighted by Crippen LogP contribution is -2.26. The van der Waals surface area contributed by atoms with Crippen molar-refractivity contribution in [2.24, 2.45) is 5.73 Å². The Morgan fingerprint density at radius 2 is 1.76 bits per heavy atom. The lowest BCUT2D eigenvalue weighted by Gasteiger charge is -2.32. The molecule has 6 nitrogen and oxygen atoms in total. The van der Waals surface area contributed by atoms with Gasteiger partial charge in [-0.15, -0.1) is 0 Å². The van der Waals surface area contributed by atoms with Crippen LogP contribution in [0.1, 0.15) is 49.7 Å². The van der Waals surface area contributed by atoms with E-state index in [0.29, 0.717) is 23.7 Å². The zero-order valence-corrected chi connectivity index (χ0v) is 21.0. The van der Waals surface area contributed by atoms with Gasteiger partial charge in [0.15, 0.2) is 0 Å². The molecule has 2 heterocycles. The fourth-order valence-electron chi connectivity index (χ4n) is 4.67. The van der Waals surface area contributed by atoms with E-state index >= 15 is 0 Å². The Morgan fingerprint density at radius 3 is 2.59 bits per heavy atom. The molecule has 0 saturated heterocycles. The Hall–Kier alpha value is -2.32. The van der Waals surface area contributed by atoms with Crippen LogP contribution in [0.4, 0.5) is 11.5 Å². The zero-order valence-electron chi connectivity index (χ0n) is 20.2. The van der Waals surface area contributed by atoms with Gasteiger partial charge in [0.25, 0.3) is 0 Å². The van der Waals surface area contributed by atoms with Crippen molar-refractivity contribution in [2.75, 3.05) is 35.6 Å². The SMILES string of the molecule is Cc1cccc2c(NCCCCCCCCN)cc(N3CCS(O)(O)c4ccccc4C3)nc12. The van der Waals surface area contributed by atoms with Crippen LogP contribution in [0.5, 0.6) is 0 Å². The quantitative estimate of drug-likeness (QED) is 0.250. The second kappa shape index (κ2) is 11.4. The molecule has 0 saturated carbocycles. The molecule has 0 fully saturated rings. The van der Waals surface area contributed by atoms with Crippen LogP contribution in [0.15, 0.2) is 53.4 Å². The number of anilines is 2. The molecule has 4 rings (SSSR count). The zero-order chi connectivity index (χ0) is 24.0. The summed E-state index contributed by atoms with van der Waals surface area (Å²) in [4.78, 5) is 7.87. The maximum atomic E-state index is 10.7. The Morgan fingerprint density at radius 1 is 1.00 bits per heavy atom. The van der Waals surface area contributed by atoms with Crippen molar-refractivity contribution in [3.8, 4) is 0 Å². The maximum absolute atomic E-state index is 10.7. The minimum atomic E-state index is -2.80. The van der Waals surface area contributed by atoms with Crippen LogP contribution < -0.4 is 16.0 Å². The highest BCUT2D eigenvalue weighted by Crippen LogP contribution is 2.51. The standard InChI is InChI=1S/C27H38N4O2S/c1-21-11-10-13-23-24(29-16-9-5-3-2-4-8-15-28)19-26(30-27(21)23)31-17-18-34(32,33)25-14-7-6-12-22(25)20-31/h6-7,10-14,19,32-33H,2-5,8-9,15-18,20,28H2,1H3,(H,29,30). The molecule has 0 aliphatic carbocycles. The Labute approximate surface area is 204 Å². The second-order valence-electron chi connectivity index (χ2n) is 9.24. The predicted octanol–water partition coefficient (Wildman–Crippen LogP) is 6.38. The van der Waals surface area contributed by atoms with Gasteiger partial charge >= 0.3 is 0 Å². The first kappa shape index (κ1) is 24.8. The Kier molecular flexibility index (Phi) is 8.32. The first-order valence-corrected chi connectivity index (χ1v) is 14.1. The van der Waals surface area contributed by atoms with Gasteiger partial charge in [0.2, 0.25) is 0 Å². The van der Waals surface area contributed by atoms with Gasteiger partial charge in [0, 0.05) is 36.8 Å². The molecule has 1 aliphatic heterocycles. The highest BCUT2D eigenvalue weighted by molar-refractivity contribution is 8.24. The molecule has 1 aromatic heterocycles. The summed E-state index contributed by atoms with van der Waals surface area (Å²) in [6.07, 6.45) is 7.21. The topological polar surface area (TPSA) is 94.6 Å². The summed E-state index contributed by atoms with van der Waals surface area (Å²) in [5.74, 6) is 1.18. The fraction of sp³-hybridized carbons (Fsp3) is 0.444. The van der Waals surface area contributed by atoms with Gasteiger partial charge < -0.3 is 16.0 Å². The van der Waals surface area contributed by atoms with E-state index in [1.807, 2.05) is 24.3 Å². The number of fused-ring (bicyclic) bond motifs is 2. The number of hydrogen-bond donors (Lipinski definition) is 4. The summed E-state index contributed by atoms with van der Waals surface area (Å²) in [7, 11) is -2.80. The summed E-state index contributed by atoms with van der Waals surface area (Å²) in [6, 6.07) is 16.1. The van der Waals surface area contributed by atoms with Crippen LogP contribution in [0.25, 0.3) is 10.9 Å². The van der Waals surface area contributed by atoms with Crippen molar-refractivity contribution in [3.63, 3.8) is 0 Å². The normalized spacial score (nSPS) is 16.2. The summed E-state index contributed by atoms with van der Waals surface area (Å²) in [5, 5.41) is 4.80. The van der Waals surface area contributed by atoms with E-state index in [2.05, 4.69) is 41.4 Å². The molecular weight excluding hydrogens is 444 g/mol. The average molecular weight is 483 g/mol. The lowest BCUT2D eigenvalue weighted by molar-refractivity contribution is 0.488. The molecule has 0 spiro atoms. The van der Waals surface area contributed by atoms with Gasteiger partial charge in [-0.05, 0) is 43.5 Å². The van der Waals surface area contributed by atoms with E-state index < -0.39 is 10.6 Å². The van der Waals surface area contributed by atoms with Crippen molar-refractivity contribution in [2.45, 2.75) is 56.9 Å². The highest BCUT2D eigenvalue weighted by atomic mass is 32.3. The Bertz CT molecular complexity index is 1110. The molecule has 0 radical (unpaired) electrons. The number of para-hydroxylation sites is 1. The van der Waals surface area contributed by atoms with E-state index in [4.69, 9.17) is 10.7 Å². The van der Waals surface area contributed by atoms with Crippen molar-refractivity contribution in [3.05, 3.63) is 59.7 Å². The first-order chi connectivity index (χ1) is 16.5. The second-order valence-corrected chi connectivity index (χ2v) is 11.4. The van der Waals surface area contributed by atoms with Gasteiger partial charge in [0.1, 0.15) is 5.82 Å². The lowest BCUT2D eigenvalue weighted by atomic mass is 10.1. The van der Waals surface area contributed by atoms with Crippen LogP contribution in [0.2, 0.25) is 0 Å². The molecule has 7 heteroatoms. The molecule has 1 aliphatic rings. The number of aromatic nitrogens is 1. The van der Waals surface area contributed by atoms with Crippen molar-refractivity contribution in [1.29, 1.82) is 0 Å². The number of unbranched alkanes of at least 4 members (excludes halogenated alkanes) is 5. The summed E-state index contributed by atoms with van der Waals surface area (Å²) in [5.41, 5.74) is 9.76. The number of aryl methyl sites for hydroxylation is 1. The first-order valence-electron chi connectivity index (χ1n) is 12.4. The van der Waals surface area contributed by atoms with Crippen molar-refractivity contribution in [1.82, 2.24) is 4.98 Å². The van der Waals surface area contributed by atoms with Gasteiger partial charge in [0.05, 0.1) is 16.2 Å². The average Bonchev–Trinajstić information content (AvgIpc) is 2.97. The maximum Gasteiger partial charge on any atom is 0.131 e. The number of hydrogen-bond acceptors (Lipinski definition) is 6. The molecular formula is C27H38N4O2S. The van der Waals surface area contributed by atoms with Crippen molar-refractivity contribution >= 4 is 33.0 Å². The van der Waals surface area contributed by atoms with Crippen LogP contribution in [-0.2, 0) is 6.54 Å². The molecule has 184 valence electrons. The molecule has 34 heavy (non-hydrogen) atoms. The number of pyridine rings is 1. The Balaban J connectivity index is 1.54. The van der Waals surface area contributed by atoms with Gasteiger partial charge in [-0.25, -0.2) is 4.98 Å². The summed E-state index contributed by atoms with van der Waals surface area (Å²) < 4.78 is 21.5. The largest absolute Gasteiger partial charge is 0.384 e. The molecule has 0 unspecified atom stereocenters. The molecule has 3 aromatic rings. The van der Waals surface area contributed by atoms with E-state index in [9.17, 15) is 9.11 Å². The molecule has 0 atom stereocenters. The van der Waals surface area contributed by atoms with E-state index in [-0.39, 0.29) is 0 Å². The fourth-order valence-corrected chi connectivity index (χ4v) is 6.21. The number of nitrogens with zero attached hydrogens (tertiary/aromatic N) is 2. The molecule has 0 bridgehead atoms. The third-order valence-electron chi connectivity index (χ3n) is 6.63. The van der Waals surface area contributed by atoms with Crippen LogP contribution in [0.3, 0.4) is 0 Å². The minimum absolute atomic E-state index is 0.310. The van der Waals surface area contributed by atoms with E-state index in [0.717, 1.165) is 59.5 Å². The number of benzene rings is 2. The molecule has 5 N–H and O–H groups in total. The molecule has 0 amide bonds. The predicted molar refractivity (Wildman–Crippen MR) is 145 cm³/mol. The van der Waals surface area contributed by atoms with Crippen LogP contribution in [0, 0.1) is 6.92 Å². The number of nitrogens with one attached hydrogen (secondary N) is 1. The highest BCUT2D eigenvalue weighted by Gasteiger charge is 2.26. The summed E-state index contributed by atoms with van der Waals surface area (Å²) in [6.45, 7) is 4.97. The van der Waals surface area contributed by atoms with Crippen LogP contribution in [-0.4, -0.2) is 39.5 Å². The van der Waals surface area contributed by atoms with Crippen molar-refractivity contribution < 1.29 is 9.11 Å². The van der Waals surface area contributed by atoms with Gasteiger partial charge in [-0.2, -0.15) is 10.6 Å². The summed E-state index contributed by atoms with van der Waals surface area (Å²) >= 11 is 0.